The van der Waals surface area contributed by atoms with Gasteiger partial charge in [0.1, 0.15) is 11.6 Å². The molecule has 3 N–H and O–H groups in total. The van der Waals surface area contributed by atoms with Crippen LogP contribution in [0.25, 0.3) is 0 Å². The van der Waals surface area contributed by atoms with Gasteiger partial charge in [0.2, 0.25) is 5.13 Å². The molecule has 0 amide bonds. The summed E-state index contributed by atoms with van der Waals surface area (Å²) in [7, 11) is 0. The lowest BCUT2D eigenvalue weighted by Crippen LogP contribution is -2.10. The number of allylic oxidation sites excluding steroid dienone is 2. The fourth-order valence-corrected chi connectivity index (χ4v) is 3.87. The minimum absolute atomic E-state index is 0.0333. The first-order valence-corrected chi connectivity index (χ1v) is 9.75. The molecule has 0 aliphatic carbocycles. The number of carbonyl (C=O) groups excluding carboxylic acids is 1. The van der Waals surface area contributed by atoms with Gasteiger partial charge in [-0.25, -0.2) is 0 Å². The molecule has 0 radical (unpaired) electrons. The van der Waals surface area contributed by atoms with Crippen LogP contribution in [0.15, 0.2) is 44.8 Å². The molecule has 0 aliphatic rings. The van der Waals surface area contributed by atoms with Crippen LogP contribution in [0.3, 0.4) is 0 Å². The van der Waals surface area contributed by atoms with Crippen molar-refractivity contribution in [1.82, 2.24) is 10.2 Å². The summed E-state index contributed by atoms with van der Waals surface area (Å²) in [5.74, 6) is -2.79. The van der Waals surface area contributed by atoms with Crippen molar-refractivity contribution in [1.29, 1.82) is 5.26 Å². The van der Waals surface area contributed by atoms with Crippen molar-refractivity contribution in [2.75, 3.05) is 11.1 Å². The van der Waals surface area contributed by atoms with Crippen molar-refractivity contribution in [2.24, 2.45) is 5.73 Å². The lowest BCUT2D eigenvalue weighted by atomic mass is 10.2. The lowest BCUT2D eigenvalue weighted by Gasteiger charge is -2.03. The third kappa shape index (κ3) is 5.98. The fourth-order valence-electron chi connectivity index (χ4n) is 1.73. The van der Waals surface area contributed by atoms with E-state index in [0.29, 0.717) is 31.8 Å². The van der Waals surface area contributed by atoms with Crippen LogP contribution in [-0.2, 0) is 4.79 Å². The maximum absolute atomic E-state index is 12.3. The number of ketones is 1. The molecule has 0 aliphatic heterocycles. The van der Waals surface area contributed by atoms with Gasteiger partial charge in [-0.15, -0.1) is 10.2 Å². The molecular formula is C15H13F2N5OS3. The number of hydrogen-bond donors (Lipinski definition) is 2. The number of thioether (sulfide) groups is 2. The molecule has 0 fully saturated rings. The monoisotopic (exact) mass is 413 g/mol. The summed E-state index contributed by atoms with van der Waals surface area (Å²) < 4.78 is 25.1. The fraction of sp³-hybridized carbons (Fsp3) is 0.200. The Morgan fingerprint density at radius 3 is 2.65 bits per heavy atom. The molecule has 136 valence electrons. The third-order valence-corrected chi connectivity index (χ3v) is 5.54. The predicted octanol–water partition coefficient (Wildman–Crippen LogP) is 4.01. The first-order chi connectivity index (χ1) is 12.4. The van der Waals surface area contributed by atoms with Gasteiger partial charge in [-0.2, -0.15) is 14.0 Å². The van der Waals surface area contributed by atoms with Gasteiger partial charge in [0.05, 0.1) is 5.75 Å². The Kier molecular flexibility index (Phi) is 7.38. The second-order valence-electron chi connectivity index (χ2n) is 4.78. The minimum Gasteiger partial charge on any atom is -0.401 e. The maximum Gasteiger partial charge on any atom is 0.288 e. The van der Waals surface area contributed by atoms with Crippen LogP contribution in [0.2, 0.25) is 0 Å². The van der Waals surface area contributed by atoms with Crippen LogP contribution >= 0.6 is 34.9 Å². The highest BCUT2D eigenvalue weighted by molar-refractivity contribution is 8.01. The van der Waals surface area contributed by atoms with E-state index >= 15 is 0 Å². The molecule has 0 atom stereocenters. The average Bonchev–Trinajstić information content (AvgIpc) is 3.02. The van der Waals surface area contributed by atoms with Crippen LogP contribution < -0.4 is 11.1 Å². The number of hydrogen-bond acceptors (Lipinski definition) is 9. The topological polar surface area (TPSA) is 105 Å². The highest BCUT2D eigenvalue weighted by atomic mass is 32.2. The molecule has 0 saturated carbocycles. The van der Waals surface area contributed by atoms with Crippen LogP contribution in [0.5, 0.6) is 0 Å². The van der Waals surface area contributed by atoms with Crippen molar-refractivity contribution in [2.45, 2.75) is 21.9 Å². The van der Waals surface area contributed by atoms with Crippen molar-refractivity contribution in [3.8, 4) is 6.07 Å². The van der Waals surface area contributed by atoms with E-state index in [4.69, 9.17) is 11.0 Å². The molecule has 0 bridgehead atoms. The lowest BCUT2D eigenvalue weighted by molar-refractivity contribution is -0.112. The van der Waals surface area contributed by atoms with Crippen LogP contribution in [-0.4, -0.2) is 27.5 Å². The third-order valence-electron chi connectivity index (χ3n) is 2.85. The molecule has 6 nitrogen and oxygen atoms in total. The summed E-state index contributed by atoms with van der Waals surface area (Å²) in [5.41, 5.74) is 6.31. The maximum atomic E-state index is 12.3. The summed E-state index contributed by atoms with van der Waals surface area (Å²) in [6, 6.07) is 8.28. The quantitative estimate of drug-likeness (QED) is 0.380. The van der Waals surface area contributed by atoms with E-state index in [1.54, 1.807) is 30.3 Å². The summed E-state index contributed by atoms with van der Waals surface area (Å²) in [5, 5.41) is 20.3. The number of nitrogens with zero attached hydrogens (tertiary/aromatic N) is 3. The normalized spacial score (nSPS) is 11.8. The first-order valence-electron chi connectivity index (χ1n) is 7.07. The zero-order chi connectivity index (χ0) is 19.1. The standard InChI is InChI=1S/C15H13F2N5OS3/c1-8(19)11(6-18)12(23)7-24-15-22-21-14(26-15)20-9-2-4-10(5-3-9)25-13(16)17/h2-5,13H,7,19H2,1H3,(H,20,21)/b11-8+. The Morgan fingerprint density at radius 1 is 1.38 bits per heavy atom. The highest BCUT2D eigenvalue weighted by Gasteiger charge is 2.14. The molecule has 2 rings (SSSR count). The number of alkyl halides is 2. The van der Waals surface area contributed by atoms with E-state index in [1.807, 2.05) is 0 Å². The average molecular weight is 414 g/mol. The molecule has 0 saturated heterocycles. The van der Waals surface area contributed by atoms with E-state index in [2.05, 4.69) is 15.5 Å². The van der Waals surface area contributed by atoms with Crippen molar-refractivity contribution in [3.05, 3.63) is 35.5 Å². The predicted molar refractivity (Wildman–Crippen MR) is 99.7 cm³/mol. The van der Waals surface area contributed by atoms with Gasteiger partial charge >= 0.3 is 0 Å². The Morgan fingerprint density at radius 2 is 2.08 bits per heavy atom. The van der Waals surface area contributed by atoms with Crippen molar-refractivity contribution >= 4 is 51.5 Å². The van der Waals surface area contributed by atoms with Gasteiger partial charge in [0, 0.05) is 16.3 Å². The SMILES string of the molecule is C/C(N)=C(/C#N)C(=O)CSc1nnc(Nc2ccc(SC(F)F)cc2)s1. The second-order valence-corrected chi connectivity index (χ2v) is 8.05. The van der Waals surface area contributed by atoms with Gasteiger partial charge in [-0.3, -0.25) is 4.79 Å². The number of Topliss-reactive ketones (excluding diaryl/α,β-unsaturated/α-hetero) is 1. The smallest absolute Gasteiger partial charge is 0.288 e. The van der Waals surface area contributed by atoms with E-state index in [-0.39, 0.29) is 22.8 Å². The summed E-state index contributed by atoms with van der Waals surface area (Å²) in [6.07, 6.45) is 0. The molecule has 1 aromatic carbocycles. The second kappa shape index (κ2) is 9.51. The molecule has 0 unspecified atom stereocenters. The molecule has 26 heavy (non-hydrogen) atoms. The number of aromatic nitrogens is 2. The van der Waals surface area contributed by atoms with Crippen LogP contribution in [0.1, 0.15) is 6.92 Å². The van der Waals surface area contributed by atoms with Gasteiger partial charge < -0.3 is 11.1 Å². The largest absolute Gasteiger partial charge is 0.401 e. The highest BCUT2D eigenvalue weighted by Crippen LogP contribution is 2.30. The van der Waals surface area contributed by atoms with Crippen LogP contribution in [0.4, 0.5) is 19.6 Å². The number of nitrogens with one attached hydrogen (secondary N) is 1. The summed E-state index contributed by atoms with van der Waals surface area (Å²) >= 11 is 2.87. The number of nitrogens with two attached hydrogens (primary N) is 1. The Bertz CT molecular complexity index is 842. The minimum atomic E-state index is -2.46. The summed E-state index contributed by atoms with van der Waals surface area (Å²) in [6.45, 7) is 1.50. The Labute approximate surface area is 160 Å². The number of carbonyl (C=O) groups is 1. The van der Waals surface area contributed by atoms with Gasteiger partial charge in [-0.05, 0) is 31.2 Å². The zero-order valence-electron chi connectivity index (χ0n) is 13.4. The molecule has 0 spiro atoms. The van der Waals surface area contributed by atoms with Gasteiger partial charge in [0.25, 0.3) is 5.76 Å². The van der Waals surface area contributed by atoms with Crippen molar-refractivity contribution < 1.29 is 13.6 Å². The van der Waals surface area contributed by atoms with Crippen molar-refractivity contribution in [3.63, 3.8) is 0 Å². The molecule has 11 heteroatoms. The zero-order valence-corrected chi connectivity index (χ0v) is 15.9. The number of anilines is 2. The molecular weight excluding hydrogens is 400 g/mol. The Hall–Kier alpha value is -2.16. The first kappa shape index (κ1) is 20.2. The molecule has 2 aromatic rings. The number of nitriles is 1. The van der Waals surface area contributed by atoms with E-state index in [0.717, 1.165) is 11.8 Å². The van der Waals surface area contributed by atoms with Crippen LogP contribution in [0, 0.1) is 11.3 Å². The number of rotatable bonds is 8. The Balaban J connectivity index is 1.93. The van der Waals surface area contributed by atoms with E-state index in [9.17, 15) is 13.6 Å². The molecule has 1 heterocycles. The van der Waals surface area contributed by atoms with E-state index in [1.165, 1.54) is 18.3 Å². The summed E-state index contributed by atoms with van der Waals surface area (Å²) in [4.78, 5) is 12.4. The molecule has 1 aromatic heterocycles. The number of halogens is 2. The number of benzene rings is 1. The van der Waals surface area contributed by atoms with Gasteiger partial charge in [0.15, 0.2) is 10.1 Å². The van der Waals surface area contributed by atoms with Gasteiger partial charge in [-0.1, -0.05) is 34.9 Å². The van der Waals surface area contributed by atoms with E-state index < -0.39 is 5.76 Å².